The van der Waals surface area contributed by atoms with Gasteiger partial charge in [0.25, 0.3) is 0 Å². The van der Waals surface area contributed by atoms with Gasteiger partial charge in [0, 0.05) is 16.8 Å². The van der Waals surface area contributed by atoms with Crippen LogP contribution in [0, 0.1) is 0 Å². The third-order valence-corrected chi connectivity index (χ3v) is 3.60. The minimum absolute atomic E-state index is 0.282. The van der Waals surface area contributed by atoms with Gasteiger partial charge in [0.05, 0.1) is 6.54 Å². The summed E-state index contributed by atoms with van der Waals surface area (Å²) in [5, 5.41) is 2.74. The maximum Gasteiger partial charge on any atom is 0.352 e. The number of nitrogens with zero attached hydrogens (tertiary/aromatic N) is 3. The van der Waals surface area contributed by atoms with Gasteiger partial charge in [0.15, 0.2) is 0 Å². The zero-order valence-electron chi connectivity index (χ0n) is 9.80. The highest BCUT2D eigenvalue weighted by Crippen LogP contribution is 2.17. The van der Waals surface area contributed by atoms with Gasteiger partial charge < -0.3 is 5.32 Å². The van der Waals surface area contributed by atoms with E-state index in [0.29, 0.717) is 12.5 Å². The summed E-state index contributed by atoms with van der Waals surface area (Å²) in [4.78, 5) is 22.0. The number of hydrogen-bond acceptors (Lipinski definition) is 5. The highest BCUT2D eigenvalue weighted by molar-refractivity contribution is 7.11. The number of rotatable bonds is 4. The van der Waals surface area contributed by atoms with E-state index >= 15 is 0 Å². The quantitative estimate of drug-likeness (QED) is 0.890. The zero-order valence-corrected chi connectivity index (χ0v) is 10.6. The first-order chi connectivity index (χ1) is 8.22. The van der Waals surface area contributed by atoms with Crippen LogP contribution in [0.1, 0.15) is 16.7 Å². The molecule has 0 saturated heterocycles. The van der Waals surface area contributed by atoms with Gasteiger partial charge in [0.2, 0.25) is 5.95 Å². The fraction of sp³-hybridized carbons (Fsp3) is 0.364. The van der Waals surface area contributed by atoms with Crippen molar-refractivity contribution >= 4 is 17.3 Å². The van der Waals surface area contributed by atoms with Crippen molar-refractivity contribution in [2.45, 2.75) is 19.9 Å². The summed E-state index contributed by atoms with van der Waals surface area (Å²) in [5.74, 6) is 0.353. The molecule has 2 heterocycles. The van der Waals surface area contributed by atoms with Crippen molar-refractivity contribution in [2.75, 3.05) is 12.4 Å². The molecule has 0 aliphatic rings. The van der Waals surface area contributed by atoms with Crippen molar-refractivity contribution < 1.29 is 0 Å². The van der Waals surface area contributed by atoms with E-state index in [1.165, 1.54) is 15.8 Å². The second-order valence-electron chi connectivity index (χ2n) is 3.56. The van der Waals surface area contributed by atoms with Gasteiger partial charge in [0.1, 0.15) is 6.33 Å². The predicted octanol–water partition coefficient (Wildman–Crippen LogP) is 1.35. The molecule has 0 aromatic carbocycles. The minimum Gasteiger partial charge on any atom is -0.357 e. The van der Waals surface area contributed by atoms with Crippen LogP contribution in [0.25, 0.3) is 0 Å². The SMILES string of the molecule is CCc1ccc(Cn2cnc(NC)nc2=O)s1. The van der Waals surface area contributed by atoms with Crippen LogP contribution in [0.2, 0.25) is 0 Å². The Bertz CT molecular complexity index is 561. The normalized spacial score (nSPS) is 10.5. The molecule has 0 radical (unpaired) electrons. The van der Waals surface area contributed by atoms with Crippen molar-refractivity contribution in [1.29, 1.82) is 0 Å². The van der Waals surface area contributed by atoms with Crippen molar-refractivity contribution in [1.82, 2.24) is 14.5 Å². The Morgan fingerprint density at radius 1 is 1.41 bits per heavy atom. The van der Waals surface area contributed by atoms with Crippen LogP contribution in [0.4, 0.5) is 5.95 Å². The third kappa shape index (κ3) is 2.71. The van der Waals surface area contributed by atoms with Crippen LogP contribution < -0.4 is 11.0 Å². The Morgan fingerprint density at radius 3 is 2.76 bits per heavy atom. The molecule has 0 atom stereocenters. The Kier molecular flexibility index (Phi) is 3.53. The van der Waals surface area contributed by atoms with Gasteiger partial charge in [-0.15, -0.1) is 11.3 Å². The molecule has 2 aromatic heterocycles. The zero-order chi connectivity index (χ0) is 12.3. The van der Waals surface area contributed by atoms with Crippen molar-refractivity contribution in [2.24, 2.45) is 0 Å². The summed E-state index contributed by atoms with van der Waals surface area (Å²) >= 11 is 1.72. The lowest BCUT2D eigenvalue weighted by molar-refractivity contribution is 0.710. The molecule has 0 fully saturated rings. The summed E-state index contributed by atoms with van der Waals surface area (Å²) in [5.41, 5.74) is -0.282. The molecule has 0 saturated carbocycles. The highest BCUT2D eigenvalue weighted by Gasteiger charge is 2.03. The first kappa shape index (κ1) is 11.8. The van der Waals surface area contributed by atoms with E-state index in [9.17, 15) is 4.79 Å². The monoisotopic (exact) mass is 250 g/mol. The average Bonchev–Trinajstić information content (AvgIpc) is 2.79. The number of nitrogens with one attached hydrogen (secondary N) is 1. The molecular formula is C11H14N4OS. The molecule has 1 N–H and O–H groups in total. The largest absolute Gasteiger partial charge is 0.357 e. The standard InChI is InChI=1S/C11H14N4OS/c1-3-8-4-5-9(17-8)6-15-7-13-10(12-2)14-11(15)16/h4-5,7H,3,6H2,1-2H3,(H,12,14,16). The molecule has 0 bridgehead atoms. The lowest BCUT2D eigenvalue weighted by Crippen LogP contribution is -2.24. The van der Waals surface area contributed by atoms with Crippen molar-refractivity contribution in [3.8, 4) is 0 Å². The molecule has 5 nitrogen and oxygen atoms in total. The summed E-state index contributed by atoms with van der Waals surface area (Å²) in [7, 11) is 1.69. The fourth-order valence-corrected chi connectivity index (χ4v) is 2.41. The van der Waals surface area contributed by atoms with E-state index in [1.807, 2.05) is 6.07 Å². The predicted molar refractivity (Wildman–Crippen MR) is 68.6 cm³/mol. The maximum absolute atomic E-state index is 11.7. The molecule has 0 spiro atoms. The summed E-state index contributed by atoms with van der Waals surface area (Å²) in [6.45, 7) is 2.65. The Morgan fingerprint density at radius 2 is 2.18 bits per heavy atom. The number of aromatic nitrogens is 3. The fourth-order valence-electron chi connectivity index (χ4n) is 1.45. The van der Waals surface area contributed by atoms with E-state index in [-0.39, 0.29) is 5.69 Å². The van der Waals surface area contributed by atoms with Crippen LogP contribution in [-0.2, 0) is 13.0 Å². The van der Waals surface area contributed by atoms with E-state index in [2.05, 4.69) is 28.3 Å². The lowest BCUT2D eigenvalue weighted by Gasteiger charge is -2.03. The topological polar surface area (TPSA) is 59.8 Å². The number of thiophene rings is 1. The Hall–Kier alpha value is -1.69. The van der Waals surface area contributed by atoms with Gasteiger partial charge in [-0.2, -0.15) is 4.98 Å². The number of anilines is 1. The molecule has 2 rings (SSSR count). The molecule has 0 aliphatic carbocycles. The van der Waals surface area contributed by atoms with E-state index in [4.69, 9.17) is 0 Å². The molecule has 90 valence electrons. The Balaban J connectivity index is 2.21. The smallest absolute Gasteiger partial charge is 0.352 e. The van der Waals surface area contributed by atoms with E-state index < -0.39 is 0 Å². The van der Waals surface area contributed by atoms with E-state index in [0.717, 1.165) is 11.3 Å². The third-order valence-electron chi connectivity index (χ3n) is 2.38. The van der Waals surface area contributed by atoms with Gasteiger partial charge in [-0.3, -0.25) is 4.57 Å². The van der Waals surface area contributed by atoms with E-state index in [1.54, 1.807) is 18.4 Å². The second kappa shape index (κ2) is 5.09. The van der Waals surface area contributed by atoms with Crippen LogP contribution in [-0.4, -0.2) is 21.6 Å². The second-order valence-corrected chi connectivity index (χ2v) is 4.81. The maximum atomic E-state index is 11.7. The molecule has 0 unspecified atom stereocenters. The average molecular weight is 250 g/mol. The van der Waals surface area contributed by atoms with Crippen LogP contribution in [0.15, 0.2) is 23.3 Å². The Labute approximate surface area is 103 Å². The summed E-state index contributed by atoms with van der Waals surface area (Å²) in [6, 6.07) is 4.13. The highest BCUT2D eigenvalue weighted by atomic mass is 32.1. The van der Waals surface area contributed by atoms with Crippen LogP contribution >= 0.6 is 11.3 Å². The summed E-state index contributed by atoms with van der Waals surface area (Å²) < 4.78 is 1.51. The van der Waals surface area contributed by atoms with Crippen LogP contribution in [0.3, 0.4) is 0 Å². The molecule has 0 aliphatic heterocycles. The lowest BCUT2D eigenvalue weighted by atomic mass is 10.3. The molecule has 17 heavy (non-hydrogen) atoms. The molecule has 2 aromatic rings. The van der Waals surface area contributed by atoms with Gasteiger partial charge in [-0.25, -0.2) is 9.78 Å². The van der Waals surface area contributed by atoms with Gasteiger partial charge in [-0.1, -0.05) is 6.92 Å². The molecular weight excluding hydrogens is 236 g/mol. The molecule has 0 amide bonds. The van der Waals surface area contributed by atoms with Gasteiger partial charge >= 0.3 is 5.69 Å². The minimum atomic E-state index is -0.282. The number of hydrogen-bond donors (Lipinski definition) is 1. The number of aryl methyl sites for hydroxylation is 1. The van der Waals surface area contributed by atoms with Gasteiger partial charge in [-0.05, 0) is 18.6 Å². The summed E-state index contributed by atoms with van der Waals surface area (Å²) in [6.07, 6.45) is 2.54. The first-order valence-corrected chi connectivity index (χ1v) is 6.23. The molecule has 6 heteroatoms. The van der Waals surface area contributed by atoms with Crippen molar-refractivity contribution in [3.63, 3.8) is 0 Å². The van der Waals surface area contributed by atoms with Crippen molar-refractivity contribution in [3.05, 3.63) is 38.7 Å². The first-order valence-electron chi connectivity index (χ1n) is 5.41. The van der Waals surface area contributed by atoms with Crippen LogP contribution in [0.5, 0.6) is 0 Å².